The lowest BCUT2D eigenvalue weighted by Gasteiger charge is -2.14. The van der Waals surface area contributed by atoms with Crippen molar-refractivity contribution in [2.45, 2.75) is 12.7 Å². The molecule has 114 valence electrons. The smallest absolute Gasteiger partial charge is 0.348 e. The summed E-state index contributed by atoms with van der Waals surface area (Å²) in [5.41, 5.74) is 0.162. The lowest BCUT2D eigenvalue weighted by Crippen LogP contribution is -2.15. The predicted octanol–water partition coefficient (Wildman–Crippen LogP) is 3.14. The monoisotopic (exact) mass is 328 g/mol. The molecule has 9 heteroatoms. The van der Waals surface area contributed by atoms with Crippen LogP contribution >= 0.6 is 11.6 Å². The second kappa shape index (κ2) is 5.13. The van der Waals surface area contributed by atoms with Gasteiger partial charge in [-0.3, -0.25) is 4.79 Å². The van der Waals surface area contributed by atoms with E-state index >= 15 is 0 Å². The minimum absolute atomic E-state index is 0.229. The molecule has 0 bridgehead atoms. The number of nitrogens with one attached hydrogen (secondary N) is 2. The van der Waals surface area contributed by atoms with Crippen LogP contribution in [0.15, 0.2) is 24.4 Å². The third kappa shape index (κ3) is 2.57. The van der Waals surface area contributed by atoms with E-state index in [0.29, 0.717) is 23.9 Å². The molecular formula is C13H8ClF3N4O. The summed E-state index contributed by atoms with van der Waals surface area (Å²) in [6, 6.07) is 4.85. The van der Waals surface area contributed by atoms with E-state index in [1.54, 1.807) is 12.1 Å². The standard InChI is InChI=1S/C13H8ClF3N4O/c14-12-19-5-7(13(15,16)17)10(21-12)20-8-3-1-2-6-4-18-11(22)9(6)8/h1-3,5H,4H2,(H,18,22)(H,19,20,21). The maximum absolute atomic E-state index is 13.0. The van der Waals surface area contributed by atoms with Gasteiger partial charge in [-0.1, -0.05) is 12.1 Å². The van der Waals surface area contributed by atoms with Gasteiger partial charge in [-0.25, -0.2) is 4.98 Å². The van der Waals surface area contributed by atoms with Gasteiger partial charge >= 0.3 is 6.18 Å². The van der Waals surface area contributed by atoms with Gasteiger partial charge in [0.25, 0.3) is 5.91 Å². The average Bonchev–Trinajstić information content (AvgIpc) is 2.80. The van der Waals surface area contributed by atoms with E-state index in [-0.39, 0.29) is 16.9 Å². The summed E-state index contributed by atoms with van der Waals surface area (Å²) < 4.78 is 39.0. The number of carbonyl (C=O) groups is 1. The number of aromatic nitrogens is 2. The normalized spacial score (nSPS) is 13.7. The van der Waals surface area contributed by atoms with Gasteiger partial charge < -0.3 is 10.6 Å². The maximum atomic E-state index is 13.0. The number of anilines is 2. The summed E-state index contributed by atoms with van der Waals surface area (Å²) in [6.07, 6.45) is -4.05. The summed E-state index contributed by atoms with van der Waals surface area (Å²) in [5, 5.41) is 4.82. The van der Waals surface area contributed by atoms with Crippen LogP contribution < -0.4 is 10.6 Å². The first-order chi connectivity index (χ1) is 10.4. The molecule has 0 aliphatic carbocycles. The van der Waals surface area contributed by atoms with Crippen molar-refractivity contribution < 1.29 is 18.0 Å². The fraction of sp³-hybridized carbons (Fsp3) is 0.154. The molecule has 1 amide bonds. The summed E-state index contributed by atoms with van der Waals surface area (Å²) >= 11 is 5.57. The number of rotatable bonds is 2. The molecule has 0 saturated heterocycles. The Labute approximate surface area is 127 Å². The fourth-order valence-electron chi connectivity index (χ4n) is 2.17. The quantitative estimate of drug-likeness (QED) is 0.831. The van der Waals surface area contributed by atoms with Crippen LogP contribution in [0.2, 0.25) is 5.28 Å². The molecule has 2 aromatic rings. The maximum Gasteiger partial charge on any atom is 0.421 e. The lowest BCUT2D eigenvalue weighted by molar-refractivity contribution is -0.137. The number of fused-ring (bicyclic) bond motifs is 1. The number of nitrogens with zero attached hydrogens (tertiary/aromatic N) is 2. The van der Waals surface area contributed by atoms with Gasteiger partial charge in [0.2, 0.25) is 5.28 Å². The number of halogens is 4. The van der Waals surface area contributed by atoms with Crippen molar-refractivity contribution in [2.24, 2.45) is 0 Å². The van der Waals surface area contributed by atoms with Crippen LogP contribution in [0, 0.1) is 0 Å². The van der Waals surface area contributed by atoms with E-state index in [1.807, 2.05) is 0 Å². The number of amides is 1. The van der Waals surface area contributed by atoms with Crippen LogP contribution in [-0.4, -0.2) is 15.9 Å². The van der Waals surface area contributed by atoms with Gasteiger partial charge in [0.05, 0.1) is 11.3 Å². The highest BCUT2D eigenvalue weighted by Gasteiger charge is 2.35. The van der Waals surface area contributed by atoms with Gasteiger partial charge in [-0.15, -0.1) is 0 Å². The zero-order valence-corrected chi connectivity index (χ0v) is 11.6. The van der Waals surface area contributed by atoms with Crippen LogP contribution in [0.4, 0.5) is 24.7 Å². The van der Waals surface area contributed by atoms with Crippen LogP contribution in [0.3, 0.4) is 0 Å². The molecule has 2 N–H and O–H groups in total. The Bertz CT molecular complexity index is 763. The van der Waals surface area contributed by atoms with Crippen molar-refractivity contribution in [1.29, 1.82) is 0 Å². The number of carbonyl (C=O) groups excluding carboxylic acids is 1. The van der Waals surface area contributed by atoms with E-state index < -0.39 is 17.6 Å². The van der Waals surface area contributed by atoms with Gasteiger partial charge in [0, 0.05) is 12.7 Å². The largest absolute Gasteiger partial charge is 0.421 e. The Morgan fingerprint density at radius 2 is 2.09 bits per heavy atom. The van der Waals surface area contributed by atoms with E-state index in [2.05, 4.69) is 20.6 Å². The summed E-state index contributed by atoms with van der Waals surface area (Å²) in [7, 11) is 0. The molecule has 1 aliphatic rings. The second-order valence-corrected chi connectivity index (χ2v) is 4.88. The van der Waals surface area contributed by atoms with Crippen molar-refractivity contribution in [3.63, 3.8) is 0 Å². The summed E-state index contributed by atoms with van der Waals surface area (Å²) in [5.74, 6) is -0.854. The molecule has 0 unspecified atom stereocenters. The van der Waals surface area contributed by atoms with Crippen LogP contribution in [-0.2, 0) is 12.7 Å². The van der Waals surface area contributed by atoms with Gasteiger partial charge in [0.1, 0.15) is 11.4 Å². The third-order valence-electron chi connectivity index (χ3n) is 3.14. The zero-order chi connectivity index (χ0) is 15.9. The highest BCUT2D eigenvalue weighted by atomic mass is 35.5. The Morgan fingerprint density at radius 3 is 2.82 bits per heavy atom. The number of hydrogen-bond donors (Lipinski definition) is 2. The first kappa shape index (κ1) is 14.6. The van der Waals surface area contributed by atoms with Crippen LogP contribution in [0.5, 0.6) is 0 Å². The molecule has 5 nitrogen and oxygen atoms in total. The highest BCUT2D eigenvalue weighted by Crippen LogP contribution is 2.36. The molecule has 0 saturated carbocycles. The number of benzene rings is 1. The Morgan fingerprint density at radius 1 is 1.32 bits per heavy atom. The fourth-order valence-corrected chi connectivity index (χ4v) is 2.31. The molecule has 1 aliphatic heterocycles. The van der Waals surface area contributed by atoms with Crippen LogP contribution in [0.1, 0.15) is 21.5 Å². The summed E-state index contributed by atoms with van der Waals surface area (Å²) in [6.45, 7) is 0.334. The topological polar surface area (TPSA) is 66.9 Å². The van der Waals surface area contributed by atoms with Crippen molar-refractivity contribution >= 4 is 29.0 Å². The van der Waals surface area contributed by atoms with Crippen molar-refractivity contribution in [3.8, 4) is 0 Å². The highest BCUT2D eigenvalue weighted by molar-refractivity contribution is 6.28. The zero-order valence-electron chi connectivity index (χ0n) is 10.8. The molecule has 1 aromatic heterocycles. The Hall–Kier alpha value is -2.35. The Balaban J connectivity index is 2.07. The molecule has 0 atom stereocenters. The lowest BCUT2D eigenvalue weighted by atomic mass is 10.1. The van der Waals surface area contributed by atoms with E-state index in [4.69, 9.17) is 11.6 Å². The second-order valence-electron chi connectivity index (χ2n) is 4.55. The molecule has 22 heavy (non-hydrogen) atoms. The molecule has 0 radical (unpaired) electrons. The first-order valence-electron chi connectivity index (χ1n) is 6.13. The summed E-state index contributed by atoms with van der Waals surface area (Å²) in [4.78, 5) is 18.7. The van der Waals surface area contributed by atoms with Crippen molar-refractivity contribution in [2.75, 3.05) is 5.32 Å². The van der Waals surface area contributed by atoms with Gasteiger partial charge in [-0.2, -0.15) is 18.2 Å². The Kier molecular flexibility index (Phi) is 3.40. The SMILES string of the molecule is O=C1NCc2cccc(Nc3nc(Cl)ncc3C(F)(F)F)c21. The minimum atomic E-state index is -4.65. The van der Waals surface area contributed by atoms with Gasteiger partial charge in [0.15, 0.2) is 0 Å². The first-order valence-corrected chi connectivity index (χ1v) is 6.51. The molecule has 1 aromatic carbocycles. The molecule has 0 spiro atoms. The predicted molar refractivity (Wildman–Crippen MR) is 72.9 cm³/mol. The van der Waals surface area contributed by atoms with E-state index in [1.165, 1.54) is 6.07 Å². The molecular weight excluding hydrogens is 321 g/mol. The number of hydrogen-bond acceptors (Lipinski definition) is 4. The average molecular weight is 329 g/mol. The molecule has 0 fully saturated rings. The molecule has 3 rings (SSSR count). The molecule has 2 heterocycles. The van der Waals surface area contributed by atoms with E-state index in [9.17, 15) is 18.0 Å². The van der Waals surface area contributed by atoms with Crippen LogP contribution in [0.25, 0.3) is 0 Å². The van der Waals surface area contributed by atoms with Gasteiger partial charge in [-0.05, 0) is 23.2 Å². The third-order valence-corrected chi connectivity index (χ3v) is 3.32. The minimum Gasteiger partial charge on any atom is -0.348 e. The van der Waals surface area contributed by atoms with E-state index in [0.717, 1.165) is 0 Å². The van der Waals surface area contributed by atoms with Crippen molar-refractivity contribution in [1.82, 2.24) is 15.3 Å². The van der Waals surface area contributed by atoms with Crippen molar-refractivity contribution in [3.05, 3.63) is 46.4 Å². The number of alkyl halides is 3.